The summed E-state index contributed by atoms with van der Waals surface area (Å²) in [4.78, 5) is 10.4. The Hall–Kier alpha value is -6.66. The van der Waals surface area contributed by atoms with Gasteiger partial charge in [0.1, 0.15) is 29.1 Å². The number of hydrogen-bond acceptors (Lipinski definition) is 5. The molecule has 6 nitrogen and oxygen atoms in total. The van der Waals surface area contributed by atoms with Crippen molar-refractivity contribution in [2.45, 2.75) is 12.2 Å². The lowest BCUT2D eigenvalue weighted by Crippen LogP contribution is -2.43. The molecule has 238 valence electrons. The third-order valence-corrected chi connectivity index (χ3v) is 9.76. The predicted octanol–water partition coefficient (Wildman–Crippen LogP) is 9.96. The molecular formula is C44H31N5O. The van der Waals surface area contributed by atoms with Crippen molar-refractivity contribution in [3.63, 3.8) is 0 Å². The number of rotatable bonds is 5. The summed E-state index contributed by atoms with van der Waals surface area (Å²) in [6.07, 6.45) is 3.54. The molecule has 0 amide bonds. The van der Waals surface area contributed by atoms with Crippen LogP contribution < -0.4 is 10.6 Å². The fourth-order valence-electron chi connectivity index (χ4n) is 7.39. The van der Waals surface area contributed by atoms with Crippen LogP contribution in [0.2, 0.25) is 0 Å². The van der Waals surface area contributed by atoms with Crippen molar-refractivity contribution < 1.29 is 4.42 Å². The van der Waals surface area contributed by atoms with Crippen LogP contribution in [0, 0.1) is 0 Å². The van der Waals surface area contributed by atoms with Gasteiger partial charge in [-0.2, -0.15) is 0 Å². The maximum Gasteiger partial charge on any atom is 0.169 e. The summed E-state index contributed by atoms with van der Waals surface area (Å²) in [5, 5.41) is 10.7. The van der Waals surface area contributed by atoms with E-state index in [9.17, 15) is 0 Å². The third kappa shape index (κ3) is 4.65. The zero-order valence-corrected chi connectivity index (χ0v) is 27.0. The molecule has 2 N–H and O–H groups in total. The van der Waals surface area contributed by atoms with E-state index in [1.165, 1.54) is 27.4 Å². The molecule has 50 heavy (non-hydrogen) atoms. The Kier molecular flexibility index (Phi) is 6.52. The number of benzene rings is 6. The van der Waals surface area contributed by atoms with Gasteiger partial charge in [0.2, 0.25) is 0 Å². The van der Waals surface area contributed by atoms with Crippen LogP contribution in [0.3, 0.4) is 0 Å². The van der Waals surface area contributed by atoms with Crippen LogP contribution in [-0.2, 0) is 0 Å². The molecule has 2 aromatic heterocycles. The molecule has 0 aliphatic carbocycles. The van der Waals surface area contributed by atoms with Gasteiger partial charge in [-0.15, -0.1) is 0 Å². The van der Waals surface area contributed by atoms with Crippen molar-refractivity contribution in [3.05, 3.63) is 180 Å². The van der Waals surface area contributed by atoms with E-state index in [2.05, 4.69) is 143 Å². The fraction of sp³-hybridized carbons (Fsp3) is 0.0455. The minimum absolute atomic E-state index is 0.268. The lowest BCUT2D eigenvalue weighted by molar-refractivity contribution is 0.585. The van der Waals surface area contributed by atoms with E-state index in [4.69, 9.17) is 14.4 Å². The number of aromatic nitrogens is 1. The molecule has 0 saturated carbocycles. The Balaban J connectivity index is 1.06. The minimum atomic E-state index is -0.414. The zero-order valence-electron chi connectivity index (χ0n) is 27.0. The quantitative estimate of drug-likeness (QED) is 0.196. The molecule has 2 aliphatic heterocycles. The van der Waals surface area contributed by atoms with Crippen LogP contribution in [0.4, 0.5) is 0 Å². The lowest BCUT2D eigenvalue weighted by atomic mass is 9.98. The SMILES string of the molecule is C1=Cc2oc3cc(-n4c5ccccc5c5ccccc54)ccc3c2C(C2=NC(c3ccc(-c4ccccc4)cc3)N=C(c3ccccc3)N2)N1. The van der Waals surface area contributed by atoms with Crippen LogP contribution in [0.25, 0.3) is 55.7 Å². The van der Waals surface area contributed by atoms with E-state index < -0.39 is 6.17 Å². The monoisotopic (exact) mass is 645 g/mol. The fourth-order valence-corrected chi connectivity index (χ4v) is 7.39. The average Bonchev–Trinajstić information content (AvgIpc) is 3.74. The molecule has 6 aromatic carbocycles. The van der Waals surface area contributed by atoms with Gasteiger partial charge in [-0.05, 0) is 47.0 Å². The van der Waals surface area contributed by atoms with E-state index in [-0.39, 0.29) is 6.04 Å². The molecule has 6 heteroatoms. The van der Waals surface area contributed by atoms with Crippen molar-refractivity contribution in [2.24, 2.45) is 9.98 Å². The highest BCUT2D eigenvalue weighted by molar-refractivity contribution is 6.13. The number of hydrogen-bond donors (Lipinski definition) is 2. The second-order valence-corrected chi connectivity index (χ2v) is 12.7. The first-order valence-electron chi connectivity index (χ1n) is 16.9. The van der Waals surface area contributed by atoms with Crippen molar-refractivity contribution >= 4 is 50.5 Å². The van der Waals surface area contributed by atoms with E-state index in [0.29, 0.717) is 0 Å². The van der Waals surface area contributed by atoms with E-state index in [1.807, 2.05) is 36.5 Å². The second kappa shape index (κ2) is 11.5. The minimum Gasteiger partial charge on any atom is -0.456 e. The number of furan rings is 1. The van der Waals surface area contributed by atoms with Crippen molar-refractivity contribution in [3.8, 4) is 16.8 Å². The smallest absolute Gasteiger partial charge is 0.169 e. The van der Waals surface area contributed by atoms with Gasteiger partial charge in [-0.25, -0.2) is 9.98 Å². The summed E-state index contributed by atoms with van der Waals surface area (Å²) < 4.78 is 8.92. The highest BCUT2D eigenvalue weighted by atomic mass is 16.3. The second-order valence-electron chi connectivity index (χ2n) is 12.7. The standard InChI is InChI=1S/C44H31N5O/c1-3-11-28(12-4-1)29-19-21-31(22-20-29)43-46-42(30-13-5-2-6-14-30)47-44(48-43)41-40-35-24-23-32(27-39(35)50-38(40)25-26-45-41)49-36-17-9-7-15-33(36)34-16-8-10-18-37(34)49/h1-27,41,43,45H,(H,46,47,48). The summed E-state index contributed by atoms with van der Waals surface area (Å²) in [6, 6.07) is 52.6. The molecule has 2 aliphatic rings. The van der Waals surface area contributed by atoms with Crippen molar-refractivity contribution in [1.82, 2.24) is 15.2 Å². The highest BCUT2D eigenvalue weighted by Gasteiger charge is 2.32. The van der Waals surface area contributed by atoms with E-state index >= 15 is 0 Å². The normalized spacial score (nSPS) is 16.9. The number of nitrogens with one attached hydrogen (secondary N) is 2. The molecule has 0 fully saturated rings. The summed E-state index contributed by atoms with van der Waals surface area (Å²) in [5.74, 6) is 2.39. The van der Waals surface area contributed by atoms with Gasteiger partial charge in [-0.1, -0.05) is 121 Å². The maximum atomic E-state index is 6.60. The van der Waals surface area contributed by atoms with Gasteiger partial charge >= 0.3 is 0 Å². The van der Waals surface area contributed by atoms with Crippen LogP contribution in [0.1, 0.15) is 34.7 Å². The molecule has 0 spiro atoms. The molecule has 0 saturated heterocycles. The third-order valence-electron chi connectivity index (χ3n) is 9.76. The van der Waals surface area contributed by atoms with Crippen LogP contribution >= 0.6 is 0 Å². The van der Waals surface area contributed by atoms with E-state index in [0.717, 1.165) is 56.3 Å². The van der Waals surface area contributed by atoms with Crippen molar-refractivity contribution in [1.29, 1.82) is 0 Å². The summed E-state index contributed by atoms with van der Waals surface area (Å²) in [5.41, 5.74) is 9.64. The van der Waals surface area contributed by atoms with Crippen LogP contribution in [0.15, 0.2) is 172 Å². The Morgan fingerprint density at radius 1 is 0.580 bits per heavy atom. The molecule has 2 unspecified atom stereocenters. The first-order valence-corrected chi connectivity index (χ1v) is 16.9. The molecule has 8 aromatic rings. The summed E-state index contributed by atoms with van der Waals surface area (Å²) in [6.45, 7) is 0. The lowest BCUT2D eigenvalue weighted by Gasteiger charge is -2.28. The molecule has 4 heterocycles. The number of amidine groups is 2. The summed E-state index contributed by atoms with van der Waals surface area (Å²) >= 11 is 0. The maximum absolute atomic E-state index is 6.60. The summed E-state index contributed by atoms with van der Waals surface area (Å²) in [7, 11) is 0. The van der Waals surface area contributed by atoms with Gasteiger partial charge in [0.05, 0.1) is 11.0 Å². The van der Waals surface area contributed by atoms with Gasteiger partial charge in [0, 0.05) is 45.2 Å². The molecular weight excluding hydrogens is 615 g/mol. The molecule has 0 bridgehead atoms. The van der Waals surface area contributed by atoms with Crippen LogP contribution in [-0.4, -0.2) is 16.2 Å². The zero-order chi connectivity index (χ0) is 33.0. The van der Waals surface area contributed by atoms with E-state index in [1.54, 1.807) is 0 Å². The number of fused-ring (bicyclic) bond motifs is 6. The van der Waals surface area contributed by atoms with Gasteiger partial charge in [0.15, 0.2) is 6.17 Å². The van der Waals surface area contributed by atoms with Gasteiger partial charge in [0.25, 0.3) is 0 Å². The Bertz CT molecular complexity index is 2590. The number of nitrogens with zero attached hydrogens (tertiary/aromatic N) is 3. The van der Waals surface area contributed by atoms with Crippen LogP contribution in [0.5, 0.6) is 0 Å². The Morgan fingerprint density at radius 3 is 1.94 bits per heavy atom. The highest BCUT2D eigenvalue weighted by Crippen LogP contribution is 2.39. The largest absolute Gasteiger partial charge is 0.456 e. The Morgan fingerprint density at radius 2 is 1.22 bits per heavy atom. The van der Waals surface area contributed by atoms with Gasteiger partial charge < -0.3 is 19.6 Å². The predicted molar refractivity (Wildman–Crippen MR) is 204 cm³/mol. The Labute approximate surface area is 288 Å². The topological polar surface area (TPSA) is 66.8 Å². The first kappa shape index (κ1) is 28.4. The number of para-hydroxylation sites is 2. The number of aliphatic imine (C=N–C) groups is 2. The van der Waals surface area contributed by atoms with Gasteiger partial charge in [-0.3, -0.25) is 0 Å². The first-order chi connectivity index (χ1) is 24.8. The molecule has 10 rings (SSSR count). The molecule has 2 atom stereocenters. The van der Waals surface area contributed by atoms with Crippen molar-refractivity contribution in [2.75, 3.05) is 0 Å². The molecule has 0 radical (unpaired) electrons. The average molecular weight is 646 g/mol.